The Bertz CT molecular complexity index is 1540. The molecule has 3 aromatic carbocycles. The van der Waals surface area contributed by atoms with E-state index in [2.05, 4.69) is 9.98 Å². The Balaban J connectivity index is 1.75. The predicted octanol–water partition coefficient (Wildman–Crippen LogP) is 3.79. The molecule has 2 N–H and O–H groups in total. The molecule has 0 saturated carbocycles. The van der Waals surface area contributed by atoms with Crippen molar-refractivity contribution in [1.82, 2.24) is 14.1 Å². The zero-order valence-electron chi connectivity index (χ0n) is 19.3. The number of aliphatic carboxylic acids is 1. The molecule has 0 aliphatic heterocycles. The van der Waals surface area contributed by atoms with E-state index in [1.165, 1.54) is 11.5 Å². The van der Waals surface area contributed by atoms with Crippen LogP contribution in [0, 0.1) is 5.92 Å². The van der Waals surface area contributed by atoms with Gasteiger partial charge < -0.3 is 9.84 Å². The number of para-hydroxylation sites is 1. The zero-order valence-corrected chi connectivity index (χ0v) is 20.1. The van der Waals surface area contributed by atoms with Crippen molar-refractivity contribution in [2.45, 2.75) is 20.0 Å². The second-order valence-corrected chi connectivity index (χ2v) is 8.56. The van der Waals surface area contributed by atoms with Gasteiger partial charge in [0.1, 0.15) is 11.5 Å². The molecular weight excluding hydrogens is 484 g/mol. The van der Waals surface area contributed by atoms with Gasteiger partial charge in [0.05, 0.1) is 18.2 Å². The summed E-state index contributed by atoms with van der Waals surface area (Å²) >= 11 is 5.98. The first kappa shape index (κ1) is 24.7. The van der Waals surface area contributed by atoms with Gasteiger partial charge in [-0.2, -0.15) is 0 Å². The van der Waals surface area contributed by atoms with Crippen molar-refractivity contribution in [3.63, 3.8) is 0 Å². The second-order valence-electron chi connectivity index (χ2n) is 8.12. The van der Waals surface area contributed by atoms with Gasteiger partial charge in [-0.05, 0) is 54.1 Å². The van der Waals surface area contributed by atoms with Crippen LogP contribution in [-0.2, 0) is 17.9 Å². The van der Waals surface area contributed by atoms with Crippen LogP contribution >= 0.6 is 11.6 Å². The van der Waals surface area contributed by atoms with E-state index in [-0.39, 0.29) is 18.7 Å². The Morgan fingerprint density at radius 2 is 1.61 bits per heavy atom. The number of aromatic nitrogens is 3. The number of rotatable bonds is 8. The Hall–Kier alpha value is -4.37. The van der Waals surface area contributed by atoms with Gasteiger partial charge >= 0.3 is 17.3 Å². The number of carbonyl (C=O) groups is 1. The van der Waals surface area contributed by atoms with Crippen LogP contribution in [0.25, 0.3) is 0 Å². The van der Waals surface area contributed by atoms with Crippen LogP contribution < -0.4 is 21.7 Å². The fourth-order valence-electron chi connectivity index (χ4n) is 3.41. The molecule has 0 bridgehead atoms. The number of benzene rings is 3. The average molecular weight is 507 g/mol. The number of halogens is 1. The minimum atomic E-state index is -1.11. The Morgan fingerprint density at radius 1 is 0.972 bits per heavy atom. The summed E-state index contributed by atoms with van der Waals surface area (Å²) in [7, 11) is 0. The first-order chi connectivity index (χ1) is 17.3. The predicted molar refractivity (Wildman–Crippen MR) is 135 cm³/mol. The van der Waals surface area contributed by atoms with E-state index in [4.69, 9.17) is 16.3 Å². The molecule has 4 aromatic rings. The summed E-state index contributed by atoms with van der Waals surface area (Å²) in [6, 6.07) is 23.0. The monoisotopic (exact) mass is 506 g/mol. The highest BCUT2D eigenvalue weighted by Crippen LogP contribution is 2.23. The highest BCUT2D eigenvalue weighted by Gasteiger charge is 2.17. The van der Waals surface area contributed by atoms with E-state index in [0.29, 0.717) is 22.2 Å². The Labute approximate surface area is 210 Å². The van der Waals surface area contributed by atoms with Crippen LogP contribution in [0.2, 0.25) is 5.02 Å². The highest BCUT2D eigenvalue weighted by atomic mass is 35.5. The van der Waals surface area contributed by atoms with Gasteiger partial charge in [-0.1, -0.05) is 48.9 Å². The molecule has 10 heteroatoms. The Morgan fingerprint density at radius 3 is 2.25 bits per heavy atom. The lowest BCUT2D eigenvalue weighted by Gasteiger charge is -2.13. The van der Waals surface area contributed by atoms with E-state index in [1.807, 2.05) is 30.3 Å². The van der Waals surface area contributed by atoms with Crippen molar-refractivity contribution in [3.05, 3.63) is 116 Å². The van der Waals surface area contributed by atoms with Gasteiger partial charge in [-0.25, -0.2) is 19.1 Å². The highest BCUT2D eigenvalue weighted by molar-refractivity contribution is 6.30. The number of carboxylic acid groups (broad SMARTS) is 1. The molecule has 0 aliphatic rings. The SMILES string of the molecule is CC(Cn1c(=O)[nH]c(=Nc2ccc(Oc3ccccc3)cc2)n(Cc2ccc(Cl)cc2)c1=O)C(=O)O. The minimum Gasteiger partial charge on any atom is -0.481 e. The summed E-state index contributed by atoms with van der Waals surface area (Å²) in [6.45, 7) is 1.23. The standard InChI is InChI=1S/C26H23ClN4O5/c1-17(23(32)33)15-31-25(34)29-24(30(26(31)35)16-18-7-9-19(27)10-8-18)28-20-11-13-22(14-12-20)36-21-5-3-2-4-6-21/h2-14,17H,15-16H2,1H3,(H,32,33)(H,28,29,34). The van der Waals surface area contributed by atoms with Gasteiger partial charge in [0.25, 0.3) is 0 Å². The summed E-state index contributed by atoms with van der Waals surface area (Å²) in [4.78, 5) is 44.4. The van der Waals surface area contributed by atoms with Crippen molar-refractivity contribution >= 4 is 23.3 Å². The normalized spacial score (nSPS) is 12.3. The summed E-state index contributed by atoms with van der Waals surface area (Å²) in [5.41, 5.74) is -0.176. The largest absolute Gasteiger partial charge is 0.481 e. The smallest absolute Gasteiger partial charge is 0.335 e. The molecule has 0 fully saturated rings. The molecule has 0 saturated heterocycles. The molecule has 0 spiro atoms. The third kappa shape index (κ3) is 6.00. The topological polar surface area (TPSA) is 119 Å². The van der Waals surface area contributed by atoms with Crippen LogP contribution in [-0.4, -0.2) is 25.2 Å². The number of nitrogens with one attached hydrogen (secondary N) is 1. The molecule has 1 unspecified atom stereocenters. The molecule has 0 aliphatic carbocycles. The maximum atomic E-state index is 13.3. The Kier molecular flexibility index (Phi) is 7.50. The summed E-state index contributed by atoms with van der Waals surface area (Å²) in [6.07, 6.45) is 0. The summed E-state index contributed by atoms with van der Waals surface area (Å²) in [5.74, 6) is -0.767. The molecule has 1 aromatic heterocycles. The summed E-state index contributed by atoms with van der Waals surface area (Å²) in [5, 5.41) is 9.79. The molecule has 9 nitrogen and oxygen atoms in total. The van der Waals surface area contributed by atoms with Crippen LogP contribution in [0.5, 0.6) is 11.5 Å². The molecule has 184 valence electrons. The van der Waals surface area contributed by atoms with Crippen LogP contribution in [0.1, 0.15) is 12.5 Å². The first-order valence-electron chi connectivity index (χ1n) is 11.1. The zero-order chi connectivity index (χ0) is 25.7. The lowest BCUT2D eigenvalue weighted by atomic mass is 10.2. The van der Waals surface area contributed by atoms with Crippen LogP contribution in [0.3, 0.4) is 0 Å². The van der Waals surface area contributed by atoms with Crippen molar-refractivity contribution in [2.75, 3.05) is 0 Å². The average Bonchev–Trinajstić information content (AvgIpc) is 2.87. The van der Waals surface area contributed by atoms with Crippen LogP contribution in [0.15, 0.2) is 93.4 Å². The molecule has 0 radical (unpaired) electrons. The summed E-state index contributed by atoms with van der Waals surface area (Å²) < 4.78 is 7.94. The molecular formula is C26H23ClN4O5. The number of ether oxygens (including phenoxy) is 1. The van der Waals surface area contributed by atoms with Gasteiger partial charge in [-0.3, -0.25) is 14.3 Å². The van der Waals surface area contributed by atoms with Crippen molar-refractivity contribution in [2.24, 2.45) is 10.9 Å². The molecule has 36 heavy (non-hydrogen) atoms. The number of H-pyrrole nitrogens is 1. The van der Waals surface area contributed by atoms with E-state index in [1.54, 1.807) is 48.5 Å². The number of hydrogen-bond donors (Lipinski definition) is 2. The van der Waals surface area contributed by atoms with Crippen LogP contribution in [0.4, 0.5) is 5.69 Å². The minimum absolute atomic E-state index is 0.0240. The maximum absolute atomic E-state index is 13.3. The van der Waals surface area contributed by atoms with Gasteiger partial charge in [0, 0.05) is 11.6 Å². The molecule has 0 amide bonds. The van der Waals surface area contributed by atoms with Crippen molar-refractivity contribution in [3.8, 4) is 11.5 Å². The number of hydrogen-bond acceptors (Lipinski definition) is 5. The second kappa shape index (κ2) is 10.9. The lowest BCUT2D eigenvalue weighted by molar-refractivity contribution is -0.141. The third-order valence-electron chi connectivity index (χ3n) is 5.36. The van der Waals surface area contributed by atoms with Gasteiger partial charge in [-0.15, -0.1) is 0 Å². The van der Waals surface area contributed by atoms with Gasteiger partial charge in [0.2, 0.25) is 5.62 Å². The number of carboxylic acids is 1. The molecule has 4 rings (SSSR count). The van der Waals surface area contributed by atoms with E-state index in [0.717, 1.165) is 10.1 Å². The quantitative estimate of drug-likeness (QED) is 0.377. The first-order valence-corrected chi connectivity index (χ1v) is 11.5. The fraction of sp³-hybridized carbons (Fsp3) is 0.154. The maximum Gasteiger partial charge on any atom is 0.335 e. The van der Waals surface area contributed by atoms with Gasteiger partial charge in [0.15, 0.2) is 0 Å². The lowest BCUT2D eigenvalue weighted by Crippen LogP contribution is -2.51. The molecule has 1 heterocycles. The van der Waals surface area contributed by atoms with E-state index < -0.39 is 23.3 Å². The number of nitrogens with zero attached hydrogens (tertiary/aromatic N) is 3. The van der Waals surface area contributed by atoms with Crippen molar-refractivity contribution in [1.29, 1.82) is 0 Å². The fourth-order valence-corrected chi connectivity index (χ4v) is 3.53. The molecule has 1 atom stereocenters. The van der Waals surface area contributed by atoms with Crippen molar-refractivity contribution < 1.29 is 14.6 Å². The third-order valence-corrected chi connectivity index (χ3v) is 5.62. The van der Waals surface area contributed by atoms with E-state index in [9.17, 15) is 19.5 Å². The van der Waals surface area contributed by atoms with E-state index >= 15 is 0 Å². The number of aromatic amines is 1.